The average molecular weight is 235 g/mol. The van der Waals surface area contributed by atoms with Gasteiger partial charge in [-0.3, -0.25) is 0 Å². The van der Waals surface area contributed by atoms with E-state index < -0.39 is 6.10 Å². The molecule has 0 bridgehead atoms. The van der Waals surface area contributed by atoms with E-state index in [4.69, 9.17) is 0 Å². The van der Waals surface area contributed by atoms with Crippen molar-refractivity contribution in [3.05, 3.63) is 34.9 Å². The van der Waals surface area contributed by atoms with E-state index >= 15 is 0 Å². The van der Waals surface area contributed by atoms with E-state index in [1.807, 2.05) is 6.07 Å². The third kappa shape index (κ3) is 3.55. The molecular formula is C15H25NO. The molecule has 2 atom stereocenters. The van der Waals surface area contributed by atoms with Crippen molar-refractivity contribution in [2.24, 2.45) is 5.92 Å². The summed E-state index contributed by atoms with van der Waals surface area (Å²) < 4.78 is 0. The van der Waals surface area contributed by atoms with Crippen molar-refractivity contribution in [3.63, 3.8) is 0 Å². The highest BCUT2D eigenvalue weighted by Crippen LogP contribution is 2.23. The Labute approximate surface area is 105 Å². The molecule has 0 saturated heterocycles. The monoisotopic (exact) mass is 235 g/mol. The minimum absolute atomic E-state index is 0.113. The Bertz CT molecular complexity index is 360. The molecule has 0 heterocycles. The van der Waals surface area contributed by atoms with Gasteiger partial charge in [0.15, 0.2) is 0 Å². The van der Waals surface area contributed by atoms with Crippen LogP contribution in [0.25, 0.3) is 0 Å². The van der Waals surface area contributed by atoms with Crippen LogP contribution in [0.2, 0.25) is 0 Å². The lowest BCUT2D eigenvalue weighted by Crippen LogP contribution is -2.39. The van der Waals surface area contributed by atoms with Crippen LogP contribution in [0.3, 0.4) is 0 Å². The first-order chi connectivity index (χ1) is 7.97. The number of aliphatic hydroxyl groups is 1. The SMILES string of the molecule is CCNC(C(C)C)C(O)c1ccc(C)c(C)c1. The molecule has 0 saturated carbocycles. The molecule has 0 aliphatic heterocycles. The predicted octanol–water partition coefficient (Wildman–Crippen LogP) is 2.97. The van der Waals surface area contributed by atoms with Crippen molar-refractivity contribution in [3.8, 4) is 0 Å². The van der Waals surface area contributed by atoms with Gasteiger partial charge in [0.2, 0.25) is 0 Å². The van der Waals surface area contributed by atoms with Crippen molar-refractivity contribution in [2.45, 2.75) is 46.8 Å². The lowest BCUT2D eigenvalue weighted by molar-refractivity contribution is 0.106. The standard InChI is InChI=1S/C15H25NO/c1-6-16-14(10(2)3)15(17)13-8-7-11(4)12(5)9-13/h7-10,14-17H,6H2,1-5H3. The van der Waals surface area contributed by atoms with Crippen LogP contribution >= 0.6 is 0 Å². The minimum atomic E-state index is -0.436. The highest BCUT2D eigenvalue weighted by molar-refractivity contribution is 5.31. The van der Waals surface area contributed by atoms with Gasteiger partial charge in [0.05, 0.1) is 6.10 Å². The summed E-state index contributed by atoms with van der Waals surface area (Å²) in [6.45, 7) is 11.4. The highest BCUT2D eigenvalue weighted by atomic mass is 16.3. The van der Waals surface area contributed by atoms with Gasteiger partial charge in [0.1, 0.15) is 0 Å². The van der Waals surface area contributed by atoms with E-state index in [-0.39, 0.29) is 6.04 Å². The van der Waals surface area contributed by atoms with Crippen molar-refractivity contribution in [1.82, 2.24) is 5.32 Å². The first-order valence-corrected chi connectivity index (χ1v) is 6.46. The van der Waals surface area contributed by atoms with Gasteiger partial charge in [-0.05, 0) is 43.0 Å². The average Bonchev–Trinajstić information content (AvgIpc) is 2.28. The smallest absolute Gasteiger partial charge is 0.0945 e. The van der Waals surface area contributed by atoms with Gasteiger partial charge in [-0.25, -0.2) is 0 Å². The number of benzene rings is 1. The second kappa shape index (κ2) is 6.18. The molecule has 1 rings (SSSR count). The third-order valence-electron chi connectivity index (χ3n) is 3.37. The Kier molecular flexibility index (Phi) is 5.16. The molecule has 0 aromatic heterocycles. The van der Waals surface area contributed by atoms with Gasteiger partial charge in [0.25, 0.3) is 0 Å². The van der Waals surface area contributed by atoms with E-state index in [2.05, 4.69) is 52.1 Å². The second-order valence-corrected chi connectivity index (χ2v) is 5.12. The fraction of sp³-hybridized carbons (Fsp3) is 0.600. The molecule has 2 N–H and O–H groups in total. The Balaban J connectivity index is 2.92. The van der Waals surface area contributed by atoms with Crippen LogP contribution in [0.4, 0.5) is 0 Å². The summed E-state index contributed by atoms with van der Waals surface area (Å²) in [5, 5.41) is 13.8. The number of aliphatic hydroxyl groups excluding tert-OH is 1. The predicted molar refractivity (Wildman–Crippen MR) is 73.2 cm³/mol. The summed E-state index contributed by atoms with van der Waals surface area (Å²) in [6, 6.07) is 6.31. The number of aryl methyl sites for hydroxylation is 2. The van der Waals surface area contributed by atoms with Gasteiger partial charge in [-0.15, -0.1) is 0 Å². The summed E-state index contributed by atoms with van der Waals surface area (Å²) in [6.07, 6.45) is -0.436. The number of likely N-dealkylation sites (N-methyl/N-ethyl adjacent to an activating group) is 1. The maximum Gasteiger partial charge on any atom is 0.0945 e. The van der Waals surface area contributed by atoms with Crippen LogP contribution in [0.1, 0.15) is 43.6 Å². The zero-order chi connectivity index (χ0) is 13.0. The molecule has 96 valence electrons. The topological polar surface area (TPSA) is 32.3 Å². The quantitative estimate of drug-likeness (QED) is 0.822. The van der Waals surface area contributed by atoms with Crippen LogP contribution < -0.4 is 5.32 Å². The largest absolute Gasteiger partial charge is 0.387 e. The van der Waals surface area contributed by atoms with Crippen LogP contribution in [0.5, 0.6) is 0 Å². The molecule has 2 heteroatoms. The Morgan fingerprint density at radius 3 is 2.29 bits per heavy atom. The number of nitrogens with one attached hydrogen (secondary N) is 1. The zero-order valence-corrected chi connectivity index (χ0v) is 11.6. The Hall–Kier alpha value is -0.860. The summed E-state index contributed by atoms with van der Waals surface area (Å²) in [5.41, 5.74) is 3.51. The molecule has 2 nitrogen and oxygen atoms in total. The van der Waals surface area contributed by atoms with Crippen molar-refractivity contribution in [2.75, 3.05) is 6.54 Å². The van der Waals surface area contributed by atoms with E-state index in [1.54, 1.807) is 0 Å². The molecule has 0 fully saturated rings. The van der Waals surface area contributed by atoms with Crippen LogP contribution in [0, 0.1) is 19.8 Å². The van der Waals surface area contributed by atoms with E-state index in [0.29, 0.717) is 5.92 Å². The van der Waals surface area contributed by atoms with E-state index in [0.717, 1.165) is 12.1 Å². The lowest BCUT2D eigenvalue weighted by atomic mass is 9.92. The maximum atomic E-state index is 10.4. The molecule has 0 aliphatic rings. The normalized spacial score (nSPS) is 15.0. The first kappa shape index (κ1) is 14.2. The lowest BCUT2D eigenvalue weighted by Gasteiger charge is -2.27. The first-order valence-electron chi connectivity index (χ1n) is 6.46. The summed E-state index contributed by atoms with van der Waals surface area (Å²) >= 11 is 0. The van der Waals surface area contributed by atoms with Crippen LogP contribution in [-0.4, -0.2) is 17.7 Å². The Morgan fingerprint density at radius 1 is 1.18 bits per heavy atom. The van der Waals surface area contributed by atoms with Gasteiger partial charge >= 0.3 is 0 Å². The minimum Gasteiger partial charge on any atom is -0.387 e. The van der Waals surface area contributed by atoms with Crippen molar-refractivity contribution >= 4 is 0 Å². The van der Waals surface area contributed by atoms with Gasteiger partial charge < -0.3 is 10.4 Å². The summed E-state index contributed by atoms with van der Waals surface area (Å²) in [4.78, 5) is 0. The maximum absolute atomic E-state index is 10.4. The number of hydrogen-bond donors (Lipinski definition) is 2. The van der Waals surface area contributed by atoms with Crippen molar-refractivity contribution in [1.29, 1.82) is 0 Å². The molecule has 17 heavy (non-hydrogen) atoms. The summed E-state index contributed by atoms with van der Waals surface area (Å²) in [5.74, 6) is 0.409. The van der Waals surface area contributed by atoms with E-state index in [9.17, 15) is 5.11 Å². The molecule has 2 unspecified atom stereocenters. The number of hydrogen-bond acceptors (Lipinski definition) is 2. The molecule has 1 aromatic carbocycles. The summed E-state index contributed by atoms with van der Waals surface area (Å²) in [7, 11) is 0. The van der Waals surface area contributed by atoms with Gasteiger partial charge in [-0.2, -0.15) is 0 Å². The molecular weight excluding hydrogens is 210 g/mol. The van der Waals surface area contributed by atoms with E-state index in [1.165, 1.54) is 11.1 Å². The molecule has 0 radical (unpaired) electrons. The third-order valence-corrected chi connectivity index (χ3v) is 3.37. The van der Waals surface area contributed by atoms with Gasteiger partial charge in [0, 0.05) is 6.04 Å². The molecule has 0 aliphatic carbocycles. The molecule has 0 spiro atoms. The van der Waals surface area contributed by atoms with Crippen LogP contribution in [0.15, 0.2) is 18.2 Å². The van der Waals surface area contributed by atoms with Gasteiger partial charge in [-0.1, -0.05) is 39.0 Å². The van der Waals surface area contributed by atoms with Crippen LogP contribution in [-0.2, 0) is 0 Å². The Morgan fingerprint density at radius 2 is 1.82 bits per heavy atom. The van der Waals surface area contributed by atoms with Crippen molar-refractivity contribution < 1.29 is 5.11 Å². The molecule has 1 aromatic rings. The second-order valence-electron chi connectivity index (χ2n) is 5.12. The number of rotatable bonds is 5. The fourth-order valence-electron chi connectivity index (χ4n) is 2.10. The fourth-order valence-corrected chi connectivity index (χ4v) is 2.10. The molecule has 0 amide bonds. The highest BCUT2D eigenvalue weighted by Gasteiger charge is 2.23. The zero-order valence-electron chi connectivity index (χ0n) is 11.6.